The van der Waals surface area contributed by atoms with E-state index in [-0.39, 0.29) is 11.4 Å². The third-order valence-electron chi connectivity index (χ3n) is 2.95. The van der Waals surface area contributed by atoms with Crippen LogP contribution in [0.4, 0.5) is 14.5 Å². The van der Waals surface area contributed by atoms with Gasteiger partial charge < -0.3 is 10.1 Å². The first kappa shape index (κ1) is 17.9. The molecule has 0 spiro atoms. The Morgan fingerprint density at radius 3 is 2.71 bits per heavy atom. The number of nitrogens with one attached hydrogen (secondary N) is 1. The van der Waals surface area contributed by atoms with E-state index in [0.717, 1.165) is 18.9 Å². The molecule has 2 rings (SSSR count). The molecule has 1 aromatic heterocycles. The molecule has 0 aliphatic heterocycles. The highest BCUT2D eigenvalue weighted by Crippen LogP contribution is 2.21. The maximum atomic E-state index is 13.7. The van der Waals surface area contributed by atoms with Crippen molar-refractivity contribution < 1.29 is 23.1 Å². The molecule has 0 radical (unpaired) electrons. The van der Waals surface area contributed by atoms with Crippen LogP contribution in [-0.4, -0.2) is 29.7 Å². The van der Waals surface area contributed by atoms with Crippen LogP contribution in [0, 0.1) is 11.6 Å². The third-order valence-corrected chi connectivity index (χ3v) is 3.91. The minimum Gasteiger partial charge on any atom is -0.465 e. The summed E-state index contributed by atoms with van der Waals surface area (Å²) in [6.07, 6.45) is 1.65. The molecule has 126 valence electrons. The molecule has 1 N–H and O–H groups in total. The number of ether oxygens (including phenoxy) is 1. The maximum Gasteiger partial charge on any atom is 0.340 e. The summed E-state index contributed by atoms with van der Waals surface area (Å²) in [5.74, 6) is -2.87. The van der Waals surface area contributed by atoms with E-state index in [1.54, 1.807) is 12.3 Å². The Labute approximate surface area is 141 Å². The summed E-state index contributed by atoms with van der Waals surface area (Å²) in [6, 6.07) is 6.90. The van der Waals surface area contributed by atoms with E-state index in [1.807, 2.05) is 12.1 Å². The molecule has 1 amide bonds. The standard InChI is InChI=1S/C16H14F2N2O3S/c1-23-16(22)11-6-14(13(18)7-12(11)17)20-15(21)9-24-8-10-4-2-3-5-19-10/h2-7H,8-9H2,1H3,(H,20,21). The van der Waals surface area contributed by atoms with Crippen LogP contribution < -0.4 is 5.32 Å². The fraction of sp³-hybridized carbons (Fsp3) is 0.188. The van der Waals surface area contributed by atoms with Crippen LogP contribution >= 0.6 is 11.8 Å². The number of benzene rings is 1. The number of thioether (sulfide) groups is 1. The largest absolute Gasteiger partial charge is 0.465 e. The van der Waals surface area contributed by atoms with Gasteiger partial charge in [-0.05, 0) is 18.2 Å². The number of rotatable bonds is 6. The summed E-state index contributed by atoms with van der Waals surface area (Å²) in [6.45, 7) is 0. The molecule has 2 aromatic rings. The minimum absolute atomic E-state index is 0.0565. The zero-order valence-electron chi connectivity index (χ0n) is 12.7. The van der Waals surface area contributed by atoms with Crippen molar-refractivity contribution in [2.75, 3.05) is 18.2 Å². The summed E-state index contributed by atoms with van der Waals surface area (Å²) < 4.78 is 31.7. The zero-order chi connectivity index (χ0) is 17.5. The van der Waals surface area contributed by atoms with Gasteiger partial charge in [-0.25, -0.2) is 13.6 Å². The number of hydrogen-bond donors (Lipinski definition) is 1. The van der Waals surface area contributed by atoms with Gasteiger partial charge in [-0.3, -0.25) is 9.78 Å². The minimum atomic E-state index is -1.05. The van der Waals surface area contributed by atoms with E-state index in [0.29, 0.717) is 11.8 Å². The van der Waals surface area contributed by atoms with Crippen LogP contribution in [0.1, 0.15) is 16.1 Å². The van der Waals surface area contributed by atoms with Crippen molar-refractivity contribution in [2.45, 2.75) is 5.75 Å². The molecule has 0 atom stereocenters. The van der Waals surface area contributed by atoms with E-state index in [4.69, 9.17) is 0 Å². The fourth-order valence-electron chi connectivity index (χ4n) is 1.83. The number of halogens is 2. The summed E-state index contributed by atoms with van der Waals surface area (Å²) in [5, 5.41) is 2.31. The lowest BCUT2D eigenvalue weighted by atomic mass is 10.1. The number of carbonyl (C=O) groups excluding carboxylic acids is 2. The van der Waals surface area contributed by atoms with Gasteiger partial charge in [0.2, 0.25) is 5.91 Å². The molecule has 1 aromatic carbocycles. The number of amides is 1. The van der Waals surface area contributed by atoms with Crippen molar-refractivity contribution in [1.82, 2.24) is 4.98 Å². The van der Waals surface area contributed by atoms with Gasteiger partial charge in [0.1, 0.15) is 11.6 Å². The topological polar surface area (TPSA) is 68.3 Å². The van der Waals surface area contributed by atoms with Gasteiger partial charge in [0.15, 0.2) is 0 Å². The van der Waals surface area contributed by atoms with Crippen LogP contribution in [0.15, 0.2) is 36.5 Å². The summed E-state index contributed by atoms with van der Waals surface area (Å²) >= 11 is 1.30. The molecular formula is C16H14F2N2O3S. The average molecular weight is 352 g/mol. The molecule has 24 heavy (non-hydrogen) atoms. The monoisotopic (exact) mass is 352 g/mol. The lowest BCUT2D eigenvalue weighted by Gasteiger charge is -2.09. The van der Waals surface area contributed by atoms with E-state index in [2.05, 4.69) is 15.0 Å². The van der Waals surface area contributed by atoms with Crippen molar-refractivity contribution in [3.63, 3.8) is 0 Å². The second kappa shape index (κ2) is 8.39. The Morgan fingerprint density at radius 1 is 1.25 bits per heavy atom. The first-order valence-electron chi connectivity index (χ1n) is 6.86. The molecule has 0 saturated heterocycles. The van der Waals surface area contributed by atoms with Gasteiger partial charge >= 0.3 is 5.97 Å². The van der Waals surface area contributed by atoms with E-state index < -0.39 is 29.1 Å². The Morgan fingerprint density at radius 2 is 2.04 bits per heavy atom. The van der Waals surface area contributed by atoms with Gasteiger partial charge in [-0.1, -0.05) is 6.07 Å². The van der Waals surface area contributed by atoms with Gasteiger partial charge in [-0.15, -0.1) is 11.8 Å². The van der Waals surface area contributed by atoms with Gasteiger partial charge in [0, 0.05) is 18.0 Å². The summed E-state index contributed by atoms with van der Waals surface area (Å²) in [5.41, 5.74) is 0.0896. The molecule has 8 heteroatoms. The Hall–Kier alpha value is -2.48. The average Bonchev–Trinajstić information content (AvgIpc) is 2.57. The first-order valence-corrected chi connectivity index (χ1v) is 8.01. The number of carbonyl (C=O) groups is 2. The van der Waals surface area contributed by atoms with Crippen molar-refractivity contribution in [1.29, 1.82) is 0 Å². The SMILES string of the molecule is COC(=O)c1cc(NC(=O)CSCc2ccccn2)c(F)cc1F. The molecule has 0 unspecified atom stereocenters. The van der Waals surface area contributed by atoms with E-state index in [1.165, 1.54) is 11.8 Å². The second-order valence-corrected chi connectivity index (χ2v) is 5.65. The molecule has 5 nitrogen and oxygen atoms in total. The molecule has 0 aliphatic carbocycles. The van der Waals surface area contributed by atoms with Crippen LogP contribution in [0.5, 0.6) is 0 Å². The molecule has 0 aliphatic rings. The van der Waals surface area contributed by atoms with Crippen LogP contribution in [0.3, 0.4) is 0 Å². The highest BCUT2D eigenvalue weighted by molar-refractivity contribution is 7.99. The first-order chi connectivity index (χ1) is 11.5. The van der Waals surface area contributed by atoms with Crippen LogP contribution in [-0.2, 0) is 15.3 Å². The Bertz CT molecular complexity index is 742. The van der Waals surface area contributed by atoms with Gasteiger partial charge in [-0.2, -0.15) is 0 Å². The highest BCUT2D eigenvalue weighted by Gasteiger charge is 2.17. The van der Waals surface area contributed by atoms with Crippen LogP contribution in [0.25, 0.3) is 0 Å². The van der Waals surface area contributed by atoms with Crippen molar-refractivity contribution >= 4 is 29.3 Å². The third kappa shape index (κ3) is 4.76. The van der Waals surface area contributed by atoms with Gasteiger partial charge in [0.05, 0.1) is 29.8 Å². The summed E-state index contributed by atoms with van der Waals surface area (Å²) in [4.78, 5) is 27.4. The predicted molar refractivity (Wildman–Crippen MR) is 86.7 cm³/mol. The quantitative estimate of drug-likeness (QED) is 0.810. The number of hydrogen-bond acceptors (Lipinski definition) is 5. The summed E-state index contributed by atoms with van der Waals surface area (Å²) in [7, 11) is 1.08. The maximum absolute atomic E-state index is 13.7. The number of esters is 1. The Kier molecular flexibility index (Phi) is 6.25. The smallest absolute Gasteiger partial charge is 0.340 e. The molecule has 0 fully saturated rings. The van der Waals surface area contributed by atoms with Crippen molar-refractivity contribution in [3.05, 3.63) is 59.4 Å². The van der Waals surface area contributed by atoms with E-state index >= 15 is 0 Å². The van der Waals surface area contributed by atoms with Gasteiger partial charge in [0.25, 0.3) is 0 Å². The molecule has 0 bridgehead atoms. The van der Waals surface area contributed by atoms with Crippen molar-refractivity contribution in [3.8, 4) is 0 Å². The zero-order valence-corrected chi connectivity index (χ0v) is 13.5. The predicted octanol–water partition coefficient (Wildman–Crippen LogP) is 3.02. The number of methoxy groups -OCH3 is 1. The lowest BCUT2D eigenvalue weighted by molar-refractivity contribution is -0.113. The molecule has 0 saturated carbocycles. The lowest BCUT2D eigenvalue weighted by Crippen LogP contribution is -2.16. The van der Waals surface area contributed by atoms with Crippen LogP contribution in [0.2, 0.25) is 0 Å². The second-order valence-electron chi connectivity index (χ2n) is 4.67. The number of pyridine rings is 1. The Balaban J connectivity index is 1.97. The number of nitrogens with zero attached hydrogens (tertiary/aromatic N) is 1. The number of aromatic nitrogens is 1. The normalized spacial score (nSPS) is 10.3. The van der Waals surface area contributed by atoms with E-state index in [9.17, 15) is 18.4 Å². The molecular weight excluding hydrogens is 338 g/mol. The number of anilines is 1. The fourth-order valence-corrected chi connectivity index (χ4v) is 2.57. The highest BCUT2D eigenvalue weighted by atomic mass is 32.2. The molecule has 1 heterocycles. The van der Waals surface area contributed by atoms with Crippen molar-refractivity contribution in [2.24, 2.45) is 0 Å².